The lowest BCUT2D eigenvalue weighted by Crippen LogP contribution is -2.51. The van der Waals surface area contributed by atoms with E-state index in [0.29, 0.717) is 23.6 Å². The predicted molar refractivity (Wildman–Crippen MR) is 149 cm³/mol. The number of nitro groups is 1. The first-order valence-electron chi connectivity index (χ1n) is 12.2. The number of anilines is 1. The van der Waals surface area contributed by atoms with Gasteiger partial charge >= 0.3 is 0 Å². The van der Waals surface area contributed by atoms with Crippen LogP contribution in [0.25, 0.3) is 0 Å². The fraction of sp³-hybridized carbons (Fsp3) is 0.259. The molecule has 0 aliphatic carbocycles. The highest BCUT2D eigenvalue weighted by Crippen LogP contribution is 2.28. The highest BCUT2D eigenvalue weighted by Gasteiger charge is 2.33. The molecule has 3 aromatic carbocycles. The molecule has 39 heavy (non-hydrogen) atoms. The Hall–Kier alpha value is -3.96. The predicted octanol–water partition coefficient (Wildman–Crippen LogP) is 4.39. The van der Waals surface area contributed by atoms with E-state index in [2.05, 4.69) is 5.32 Å². The Balaban J connectivity index is 2.06. The second-order valence-electron chi connectivity index (χ2n) is 8.68. The number of nitrogens with one attached hydrogen (secondary N) is 1. The SMILES string of the molecule is CCCNC(=O)[C@H](C)N(Cc1ccccc1Cl)C(=O)CN(c1cccc([N+](=O)[O-])c1)S(=O)(=O)c1ccccc1. The first kappa shape index (κ1) is 29.6. The number of carbonyl (C=O) groups excluding carboxylic acids is 2. The lowest BCUT2D eigenvalue weighted by atomic mass is 10.1. The van der Waals surface area contributed by atoms with E-state index in [-0.39, 0.29) is 22.8 Å². The van der Waals surface area contributed by atoms with Gasteiger partial charge in [0.1, 0.15) is 12.6 Å². The molecule has 12 heteroatoms. The van der Waals surface area contributed by atoms with Crippen LogP contribution in [0.4, 0.5) is 11.4 Å². The summed E-state index contributed by atoms with van der Waals surface area (Å²) in [6.07, 6.45) is 0.687. The topological polar surface area (TPSA) is 130 Å². The van der Waals surface area contributed by atoms with Gasteiger partial charge in [0.15, 0.2) is 0 Å². The van der Waals surface area contributed by atoms with Crippen molar-refractivity contribution < 1.29 is 22.9 Å². The molecule has 0 saturated carbocycles. The molecular weight excluding hydrogens is 544 g/mol. The van der Waals surface area contributed by atoms with Gasteiger partial charge in [-0.25, -0.2) is 8.42 Å². The molecular formula is C27H29ClN4O6S. The van der Waals surface area contributed by atoms with Crippen LogP contribution in [-0.2, 0) is 26.2 Å². The third-order valence-corrected chi connectivity index (χ3v) is 8.11. The summed E-state index contributed by atoms with van der Waals surface area (Å²) in [4.78, 5) is 38.6. The number of non-ortho nitro benzene ring substituents is 1. The molecule has 0 aliphatic heterocycles. The Bertz CT molecular complexity index is 1430. The fourth-order valence-electron chi connectivity index (χ4n) is 3.80. The second-order valence-corrected chi connectivity index (χ2v) is 11.0. The molecule has 0 spiro atoms. The number of hydrogen-bond acceptors (Lipinski definition) is 6. The Morgan fingerprint density at radius 3 is 2.33 bits per heavy atom. The van der Waals surface area contributed by atoms with Gasteiger partial charge in [0.2, 0.25) is 11.8 Å². The quantitative estimate of drug-likeness (QED) is 0.253. The fourth-order valence-corrected chi connectivity index (χ4v) is 5.42. The van der Waals surface area contributed by atoms with Crippen molar-refractivity contribution in [2.45, 2.75) is 37.8 Å². The first-order valence-corrected chi connectivity index (χ1v) is 14.0. The van der Waals surface area contributed by atoms with E-state index in [0.717, 1.165) is 10.4 Å². The molecule has 206 valence electrons. The van der Waals surface area contributed by atoms with Crippen LogP contribution in [0.2, 0.25) is 5.02 Å². The van der Waals surface area contributed by atoms with Crippen molar-refractivity contribution in [3.63, 3.8) is 0 Å². The van der Waals surface area contributed by atoms with Crippen LogP contribution in [0.5, 0.6) is 0 Å². The van der Waals surface area contributed by atoms with Gasteiger partial charge in [-0.2, -0.15) is 0 Å². The summed E-state index contributed by atoms with van der Waals surface area (Å²) in [6, 6.07) is 18.3. The number of nitro benzene ring substituents is 1. The van der Waals surface area contributed by atoms with Crippen LogP contribution < -0.4 is 9.62 Å². The molecule has 10 nitrogen and oxygen atoms in total. The maximum absolute atomic E-state index is 13.8. The maximum atomic E-state index is 13.8. The average Bonchev–Trinajstić information content (AvgIpc) is 2.94. The number of nitrogens with zero attached hydrogens (tertiary/aromatic N) is 3. The zero-order valence-corrected chi connectivity index (χ0v) is 23.1. The van der Waals surface area contributed by atoms with Crippen LogP contribution in [0.15, 0.2) is 83.8 Å². The third-order valence-electron chi connectivity index (χ3n) is 5.95. The van der Waals surface area contributed by atoms with Crippen molar-refractivity contribution >= 4 is 44.8 Å². The van der Waals surface area contributed by atoms with Crippen molar-refractivity contribution in [3.05, 3.63) is 99.6 Å². The Kier molecular flexibility index (Phi) is 10.0. The lowest BCUT2D eigenvalue weighted by Gasteiger charge is -2.32. The summed E-state index contributed by atoms with van der Waals surface area (Å²) in [5.41, 5.74) is 0.158. The van der Waals surface area contributed by atoms with Gasteiger partial charge in [-0.1, -0.05) is 61.0 Å². The van der Waals surface area contributed by atoms with Crippen LogP contribution in [-0.4, -0.2) is 49.2 Å². The summed E-state index contributed by atoms with van der Waals surface area (Å²) in [5.74, 6) is -1.11. The standard InChI is InChI=1S/C27H29ClN4O6S/c1-3-16-29-27(34)20(2)30(18-21-10-7-8-15-25(21)28)26(33)19-31(22-11-9-12-23(17-22)32(35)36)39(37,38)24-13-5-4-6-14-24/h4-15,17,20H,3,16,18-19H2,1-2H3,(H,29,34)/t20-/m0/s1. The van der Waals surface area contributed by atoms with E-state index in [1.807, 2.05) is 6.92 Å². The van der Waals surface area contributed by atoms with Gasteiger partial charge in [-0.15, -0.1) is 0 Å². The number of halogens is 1. The van der Waals surface area contributed by atoms with Crippen molar-refractivity contribution in [3.8, 4) is 0 Å². The minimum Gasteiger partial charge on any atom is -0.354 e. The van der Waals surface area contributed by atoms with E-state index in [9.17, 15) is 28.1 Å². The first-order chi connectivity index (χ1) is 18.6. The maximum Gasteiger partial charge on any atom is 0.271 e. The zero-order valence-electron chi connectivity index (χ0n) is 21.5. The Morgan fingerprint density at radius 1 is 1.03 bits per heavy atom. The number of rotatable bonds is 12. The van der Waals surface area contributed by atoms with Gasteiger partial charge in [-0.05, 0) is 43.2 Å². The van der Waals surface area contributed by atoms with E-state index in [4.69, 9.17) is 11.6 Å². The Morgan fingerprint density at radius 2 is 1.69 bits per heavy atom. The minimum absolute atomic E-state index is 0.0621. The van der Waals surface area contributed by atoms with Gasteiger partial charge in [0.25, 0.3) is 15.7 Å². The van der Waals surface area contributed by atoms with Gasteiger partial charge in [0, 0.05) is 30.2 Å². The summed E-state index contributed by atoms with van der Waals surface area (Å²) in [7, 11) is -4.33. The lowest BCUT2D eigenvalue weighted by molar-refractivity contribution is -0.384. The molecule has 1 N–H and O–H groups in total. The number of amides is 2. The molecule has 3 aromatic rings. The summed E-state index contributed by atoms with van der Waals surface area (Å²) in [5, 5.41) is 14.6. The molecule has 0 radical (unpaired) electrons. The highest BCUT2D eigenvalue weighted by molar-refractivity contribution is 7.92. The molecule has 1 atom stereocenters. The van der Waals surface area contributed by atoms with Crippen LogP contribution >= 0.6 is 11.6 Å². The smallest absolute Gasteiger partial charge is 0.271 e. The summed E-state index contributed by atoms with van der Waals surface area (Å²) < 4.78 is 28.2. The normalized spacial score (nSPS) is 11.9. The van der Waals surface area contributed by atoms with E-state index >= 15 is 0 Å². The number of benzene rings is 3. The van der Waals surface area contributed by atoms with E-state index in [1.54, 1.807) is 37.3 Å². The molecule has 0 fully saturated rings. The van der Waals surface area contributed by atoms with Crippen molar-refractivity contribution in [2.24, 2.45) is 0 Å². The van der Waals surface area contributed by atoms with Crippen LogP contribution in [0.3, 0.4) is 0 Å². The van der Waals surface area contributed by atoms with Gasteiger partial charge in [0.05, 0.1) is 15.5 Å². The summed E-state index contributed by atoms with van der Waals surface area (Å²) in [6.45, 7) is 3.06. The number of carbonyl (C=O) groups is 2. The third kappa shape index (κ3) is 7.33. The molecule has 0 aliphatic rings. The Labute approximate surface area is 232 Å². The van der Waals surface area contributed by atoms with Crippen molar-refractivity contribution in [1.29, 1.82) is 0 Å². The molecule has 0 bridgehead atoms. The minimum atomic E-state index is -4.33. The molecule has 2 amide bonds. The summed E-state index contributed by atoms with van der Waals surface area (Å²) >= 11 is 6.33. The molecule has 3 rings (SSSR count). The second kappa shape index (κ2) is 13.2. The van der Waals surface area contributed by atoms with Crippen LogP contribution in [0, 0.1) is 10.1 Å². The molecule has 0 saturated heterocycles. The molecule has 0 aromatic heterocycles. The molecule has 0 heterocycles. The van der Waals surface area contributed by atoms with Gasteiger partial charge < -0.3 is 10.2 Å². The highest BCUT2D eigenvalue weighted by atomic mass is 35.5. The number of sulfonamides is 1. The van der Waals surface area contributed by atoms with Gasteiger partial charge in [-0.3, -0.25) is 24.0 Å². The average molecular weight is 573 g/mol. The van der Waals surface area contributed by atoms with Crippen molar-refractivity contribution in [2.75, 3.05) is 17.4 Å². The monoisotopic (exact) mass is 572 g/mol. The van der Waals surface area contributed by atoms with E-state index < -0.39 is 39.3 Å². The number of hydrogen-bond donors (Lipinski definition) is 1. The largest absolute Gasteiger partial charge is 0.354 e. The van der Waals surface area contributed by atoms with Crippen LogP contribution in [0.1, 0.15) is 25.8 Å². The molecule has 0 unspecified atom stereocenters. The van der Waals surface area contributed by atoms with E-state index in [1.165, 1.54) is 47.4 Å². The zero-order chi connectivity index (χ0) is 28.6. The van der Waals surface area contributed by atoms with Crippen molar-refractivity contribution in [1.82, 2.24) is 10.2 Å².